The Hall–Kier alpha value is -2.90. The number of hydrogen-bond donors (Lipinski definition) is 4. The summed E-state index contributed by atoms with van der Waals surface area (Å²) in [6.07, 6.45) is 0.310. The summed E-state index contributed by atoms with van der Waals surface area (Å²) in [5.41, 5.74) is 1.20. The summed E-state index contributed by atoms with van der Waals surface area (Å²) < 4.78 is 0. The van der Waals surface area contributed by atoms with E-state index in [1.807, 2.05) is 13.8 Å². The number of carboxylic acids is 1. The van der Waals surface area contributed by atoms with E-state index in [0.717, 1.165) is 5.56 Å². The van der Waals surface area contributed by atoms with Crippen LogP contribution in [-0.4, -0.2) is 41.4 Å². The fraction of sp³-hybridized carbons (Fsp3) is 0.444. The van der Waals surface area contributed by atoms with Crippen molar-refractivity contribution < 1.29 is 24.3 Å². The fourth-order valence-electron chi connectivity index (χ4n) is 2.20. The van der Waals surface area contributed by atoms with Crippen molar-refractivity contribution in [1.82, 2.24) is 16.0 Å². The highest BCUT2D eigenvalue weighted by molar-refractivity contribution is 5.96. The molecular formula is C18H25N3O5. The van der Waals surface area contributed by atoms with E-state index in [9.17, 15) is 19.2 Å². The zero-order valence-corrected chi connectivity index (χ0v) is 15.2. The first-order valence-corrected chi connectivity index (χ1v) is 8.32. The summed E-state index contributed by atoms with van der Waals surface area (Å²) >= 11 is 0. The Bertz CT molecular complexity index is 655. The Morgan fingerprint density at radius 1 is 1.04 bits per heavy atom. The summed E-state index contributed by atoms with van der Waals surface area (Å²) in [6, 6.07) is 5.60. The lowest BCUT2D eigenvalue weighted by Crippen LogP contribution is -2.46. The minimum Gasteiger partial charge on any atom is -0.480 e. The van der Waals surface area contributed by atoms with E-state index in [4.69, 9.17) is 5.11 Å². The number of nitrogens with one attached hydrogen (secondary N) is 3. The third-order valence-corrected chi connectivity index (χ3v) is 3.51. The maximum Gasteiger partial charge on any atom is 0.326 e. The van der Waals surface area contributed by atoms with Crippen LogP contribution in [0.2, 0.25) is 0 Å². The molecule has 0 radical (unpaired) electrons. The number of amides is 3. The number of carbonyl (C=O) groups is 4. The highest BCUT2D eigenvalue weighted by atomic mass is 16.4. The predicted octanol–water partition coefficient (Wildman–Crippen LogP) is 0.668. The lowest BCUT2D eigenvalue weighted by molar-refractivity contribution is -0.142. The lowest BCUT2D eigenvalue weighted by atomic mass is 10.0. The van der Waals surface area contributed by atoms with Gasteiger partial charge in [-0.25, -0.2) is 4.79 Å². The van der Waals surface area contributed by atoms with Gasteiger partial charge in [0.2, 0.25) is 11.8 Å². The molecule has 1 aromatic carbocycles. The van der Waals surface area contributed by atoms with E-state index >= 15 is 0 Å². The standard InChI is InChI=1S/C18H25N3O5/c1-11(2)8-15(18(25)26)21-16(23)10-20-17(24)14-6-4-13(5-7-14)9-19-12(3)22/h4-7,11,15H,8-10H2,1-3H3,(H,19,22)(H,20,24)(H,21,23)(H,25,26)/t15-/m0/s1. The summed E-state index contributed by atoms with van der Waals surface area (Å²) in [7, 11) is 0. The van der Waals surface area contributed by atoms with Crippen LogP contribution >= 0.6 is 0 Å². The van der Waals surface area contributed by atoms with Gasteiger partial charge in [-0.3, -0.25) is 14.4 Å². The summed E-state index contributed by atoms with van der Waals surface area (Å²) in [5.74, 6) is -2.14. The number of carboxylic acid groups (broad SMARTS) is 1. The molecular weight excluding hydrogens is 338 g/mol. The minimum absolute atomic E-state index is 0.113. The van der Waals surface area contributed by atoms with Crippen LogP contribution in [0, 0.1) is 5.92 Å². The molecule has 26 heavy (non-hydrogen) atoms. The van der Waals surface area contributed by atoms with E-state index in [1.54, 1.807) is 24.3 Å². The zero-order chi connectivity index (χ0) is 19.7. The Morgan fingerprint density at radius 3 is 2.15 bits per heavy atom. The largest absolute Gasteiger partial charge is 0.480 e. The van der Waals surface area contributed by atoms with E-state index in [1.165, 1.54) is 6.92 Å². The van der Waals surface area contributed by atoms with Crippen LogP contribution in [0.15, 0.2) is 24.3 Å². The van der Waals surface area contributed by atoms with Crippen molar-refractivity contribution >= 4 is 23.7 Å². The topological polar surface area (TPSA) is 125 Å². The van der Waals surface area contributed by atoms with Gasteiger partial charge in [0, 0.05) is 19.0 Å². The molecule has 8 heteroatoms. The Labute approximate surface area is 152 Å². The fourth-order valence-corrected chi connectivity index (χ4v) is 2.20. The smallest absolute Gasteiger partial charge is 0.326 e. The van der Waals surface area contributed by atoms with Gasteiger partial charge in [-0.05, 0) is 30.0 Å². The van der Waals surface area contributed by atoms with Crippen LogP contribution in [0.25, 0.3) is 0 Å². The maximum atomic E-state index is 12.0. The van der Waals surface area contributed by atoms with Gasteiger partial charge in [0.1, 0.15) is 6.04 Å². The molecule has 0 aliphatic heterocycles. The van der Waals surface area contributed by atoms with Crippen LogP contribution in [-0.2, 0) is 20.9 Å². The van der Waals surface area contributed by atoms with Crippen molar-refractivity contribution in [2.45, 2.75) is 39.8 Å². The molecule has 1 rings (SSSR count). The van der Waals surface area contributed by atoms with Crippen molar-refractivity contribution in [3.8, 4) is 0 Å². The molecule has 8 nitrogen and oxygen atoms in total. The molecule has 0 aliphatic rings. The van der Waals surface area contributed by atoms with E-state index in [0.29, 0.717) is 18.5 Å². The second-order valence-corrected chi connectivity index (χ2v) is 6.38. The number of benzene rings is 1. The van der Waals surface area contributed by atoms with Crippen LogP contribution in [0.1, 0.15) is 43.1 Å². The highest BCUT2D eigenvalue weighted by Gasteiger charge is 2.21. The molecule has 1 aromatic rings. The van der Waals surface area contributed by atoms with Gasteiger partial charge in [-0.1, -0.05) is 26.0 Å². The third kappa shape index (κ3) is 7.78. The summed E-state index contributed by atoms with van der Waals surface area (Å²) in [4.78, 5) is 45.9. The molecule has 0 bridgehead atoms. The van der Waals surface area contributed by atoms with Gasteiger partial charge in [0.05, 0.1) is 6.54 Å². The van der Waals surface area contributed by atoms with E-state index < -0.39 is 23.8 Å². The molecule has 0 spiro atoms. The first-order chi connectivity index (χ1) is 12.2. The molecule has 1 atom stereocenters. The van der Waals surface area contributed by atoms with Crippen molar-refractivity contribution in [2.75, 3.05) is 6.54 Å². The molecule has 0 fully saturated rings. The number of aliphatic carboxylic acids is 1. The highest BCUT2D eigenvalue weighted by Crippen LogP contribution is 2.06. The molecule has 0 saturated carbocycles. The van der Waals surface area contributed by atoms with Gasteiger partial charge >= 0.3 is 5.97 Å². The monoisotopic (exact) mass is 363 g/mol. The van der Waals surface area contributed by atoms with Crippen LogP contribution in [0.4, 0.5) is 0 Å². The van der Waals surface area contributed by atoms with E-state index in [-0.39, 0.29) is 18.4 Å². The van der Waals surface area contributed by atoms with Gasteiger partial charge in [-0.2, -0.15) is 0 Å². The van der Waals surface area contributed by atoms with Gasteiger partial charge in [0.15, 0.2) is 0 Å². The van der Waals surface area contributed by atoms with E-state index in [2.05, 4.69) is 16.0 Å². The first-order valence-electron chi connectivity index (χ1n) is 8.32. The lowest BCUT2D eigenvalue weighted by Gasteiger charge is -2.16. The first kappa shape index (κ1) is 21.1. The molecule has 142 valence electrons. The average molecular weight is 363 g/mol. The quantitative estimate of drug-likeness (QED) is 0.513. The van der Waals surface area contributed by atoms with Crippen LogP contribution < -0.4 is 16.0 Å². The van der Waals surface area contributed by atoms with Gasteiger partial charge in [0.25, 0.3) is 5.91 Å². The third-order valence-electron chi connectivity index (χ3n) is 3.51. The van der Waals surface area contributed by atoms with Crippen LogP contribution in [0.3, 0.4) is 0 Å². The molecule has 0 saturated heterocycles. The molecule has 3 amide bonds. The van der Waals surface area contributed by atoms with Crippen molar-refractivity contribution in [3.63, 3.8) is 0 Å². The Kier molecular flexibility index (Phi) is 8.27. The summed E-state index contributed by atoms with van der Waals surface area (Å²) in [5, 5.41) is 16.6. The Morgan fingerprint density at radius 2 is 1.65 bits per heavy atom. The molecule has 4 N–H and O–H groups in total. The average Bonchev–Trinajstić information content (AvgIpc) is 2.57. The summed E-state index contributed by atoms with van der Waals surface area (Å²) in [6.45, 7) is 5.20. The number of hydrogen-bond acceptors (Lipinski definition) is 4. The van der Waals surface area contributed by atoms with Gasteiger partial charge < -0.3 is 21.1 Å². The molecule has 0 aliphatic carbocycles. The minimum atomic E-state index is -1.10. The van der Waals surface area contributed by atoms with Crippen molar-refractivity contribution in [2.24, 2.45) is 5.92 Å². The molecule has 0 unspecified atom stereocenters. The Balaban J connectivity index is 2.50. The predicted molar refractivity (Wildman–Crippen MR) is 95.3 cm³/mol. The second-order valence-electron chi connectivity index (χ2n) is 6.38. The molecule has 0 heterocycles. The van der Waals surface area contributed by atoms with Crippen LogP contribution in [0.5, 0.6) is 0 Å². The zero-order valence-electron chi connectivity index (χ0n) is 15.2. The normalized spacial score (nSPS) is 11.5. The maximum absolute atomic E-state index is 12.0. The molecule has 0 aromatic heterocycles. The van der Waals surface area contributed by atoms with Crippen molar-refractivity contribution in [3.05, 3.63) is 35.4 Å². The number of rotatable bonds is 9. The second kappa shape index (κ2) is 10.2. The number of carbonyl (C=O) groups excluding carboxylic acids is 3. The van der Waals surface area contributed by atoms with Crippen molar-refractivity contribution in [1.29, 1.82) is 0 Å². The van der Waals surface area contributed by atoms with Gasteiger partial charge in [-0.15, -0.1) is 0 Å². The SMILES string of the molecule is CC(=O)NCc1ccc(C(=O)NCC(=O)N[C@@H](CC(C)C)C(=O)O)cc1.